The van der Waals surface area contributed by atoms with Gasteiger partial charge in [-0.15, -0.1) is 0 Å². The largest absolute Gasteiger partial charge is 0.493 e. The molecule has 0 aliphatic heterocycles. The van der Waals surface area contributed by atoms with Crippen LogP contribution in [0.4, 0.5) is 10.1 Å². The summed E-state index contributed by atoms with van der Waals surface area (Å²) in [5.74, 6) is 0.964. The smallest absolute Gasteiger partial charge is 0.171 e. The average Bonchev–Trinajstić information content (AvgIpc) is 2.54. The van der Waals surface area contributed by atoms with E-state index in [9.17, 15) is 4.39 Å². The molecule has 6 heteroatoms. The Morgan fingerprint density at radius 3 is 2.50 bits per heavy atom. The standard InChI is InChI=1S/C16H17FN2O2S/c1-20-14-8-7-11(9-15(14)21-2)10-18-16(22)19-13-6-4-3-5-12(13)17/h3-9H,10H2,1-2H3,(H2,18,19,22). The van der Waals surface area contributed by atoms with Crippen LogP contribution in [0.3, 0.4) is 0 Å². The number of ether oxygens (including phenoxy) is 2. The average molecular weight is 320 g/mol. The van der Waals surface area contributed by atoms with Crippen molar-refractivity contribution < 1.29 is 13.9 Å². The Bertz CT molecular complexity index is 664. The molecule has 0 aliphatic rings. The van der Waals surface area contributed by atoms with Crippen molar-refractivity contribution in [2.45, 2.75) is 6.54 Å². The number of nitrogens with one attached hydrogen (secondary N) is 2. The third kappa shape index (κ3) is 4.08. The highest BCUT2D eigenvalue weighted by molar-refractivity contribution is 7.80. The van der Waals surface area contributed by atoms with E-state index in [1.165, 1.54) is 6.07 Å². The molecule has 2 aromatic carbocycles. The Morgan fingerprint density at radius 1 is 1.09 bits per heavy atom. The minimum atomic E-state index is -0.349. The Labute approximate surface area is 134 Å². The van der Waals surface area contributed by atoms with Gasteiger partial charge in [-0.05, 0) is 42.0 Å². The Morgan fingerprint density at radius 2 is 1.82 bits per heavy atom. The van der Waals surface area contributed by atoms with Crippen LogP contribution in [0.25, 0.3) is 0 Å². The lowest BCUT2D eigenvalue weighted by molar-refractivity contribution is 0.354. The van der Waals surface area contributed by atoms with Crippen molar-refractivity contribution in [2.75, 3.05) is 19.5 Å². The zero-order chi connectivity index (χ0) is 15.9. The van der Waals surface area contributed by atoms with Gasteiger partial charge in [0.2, 0.25) is 0 Å². The molecule has 0 spiro atoms. The molecule has 2 rings (SSSR count). The number of rotatable bonds is 5. The van der Waals surface area contributed by atoms with Crippen LogP contribution in [0.2, 0.25) is 0 Å². The quantitative estimate of drug-likeness (QED) is 0.827. The lowest BCUT2D eigenvalue weighted by atomic mass is 10.2. The van der Waals surface area contributed by atoms with Crippen LogP contribution >= 0.6 is 12.2 Å². The Kier molecular flexibility index (Phi) is 5.55. The number of hydrogen-bond acceptors (Lipinski definition) is 3. The summed E-state index contributed by atoms with van der Waals surface area (Å²) in [5, 5.41) is 6.19. The summed E-state index contributed by atoms with van der Waals surface area (Å²) >= 11 is 5.16. The molecular formula is C16H17FN2O2S. The van der Waals surface area contributed by atoms with E-state index >= 15 is 0 Å². The molecule has 0 heterocycles. The van der Waals surface area contributed by atoms with Gasteiger partial charge in [-0.2, -0.15) is 0 Å². The second kappa shape index (κ2) is 7.61. The molecule has 2 N–H and O–H groups in total. The lowest BCUT2D eigenvalue weighted by Crippen LogP contribution is -2.28. The summed E-state index contributed by atoms with van der Waals surface area (Å²) in [6.45, 7) is 0.487. The van der Waals surface area contributed by atoms with E-state index < -0.39 is 0 Å². The van der Waals surface area contributed by atoms with E-state index in [-0.39, 0.29) is 5.82 Å². The van der Waals surface area contributed by atoms with Crippen molar-refractivity contribution in [3.8, 4) is 11.5 Å². The molecule has 0 aromatic heterocycles. The van der Waals surface area contributed by atoms with E-state index in [2.05, 4.69) is 10.6 Å². The third-order valence-electron chi connectivity index (χ3n) is 3.02. The zero-order valence-corrected chi connectivity index (χ0v) is 13.2. The highest BCUT2D eigenvalue weighted by atomic mass is 32.1. The van der Waals surface area contributed by atoms with Crippen molar-refractivity contribution in [3.63, 3.8) is 0 Å². The fourth-order valence-corrected chi connectivity index (χ4v) is 2.08. The van der Waals surface area contributed by atoms with Crippen molar-refractivity contribution in [1.82, 2.24) is 5.32 Å². The number of halogens is 1. The van der Waals surface area contributed by atoms with Crippen LogP contribution in [0, 0.1) is 5.82 Å². The summed E-state index contributed by atoms with van der Waals surface area (Å²) in [5.41, 5.74) is 1.31. The van der Waals surface area contributed by atoms with E-state index in [4.69, 9.17) is 21.7 Å². The lowest BCUT2D eigenvalue weighted by Gasteiger charge is -2.13. The van der Waals surface area contributed by atoms with Crippen LogP contribution in [0.1, 0.15) is 5.56 Å². The van der Waals surface area contributed by atoms with Gasteiger partial charge in [0.15, 0.2) is 16.6 Å². The summed E-state index contributed by atoms with van der Waals surface area (Å²) in [4.78, 5) is 0. The van der Waals surface area contributed by atoms with Gasteiger partial charge in [0.1, 0.15) is 5.82 Å². The third-order valence-corrected chi connectivity index (χ3v) is 3.27. The van der Waals surface area contributed by atoms with Crippen LogP contribution in [-0.2, 0) is 6.54 Å². The molecule has 0 bridgehead atoms. The van der Waals surface area contributed by atoms with E-state index in [0.29, 0.717) is 28.8 Å². The molecule has 22 heavy (non-hydrogen) atoms. The monoisotopic (exact) mass is 320 g/mol. The van der Waals surface area contributed by atoms with Crippen LogP contribution in [0.5, 0.6) is 11.5 Å². The van der Waals surface area contributed by atoms with Gasteiger partial charge in [-0.3, -0.25) is 0 Å². The van der Waals surface area contributed by atoms with E-state index in [0.717, 1.165) is 5.56 Å². The van der Waals surface area contributed by atoms with Gasteiger partial charge in [0.05, 0.1) is 19.9 Å². The molecule has 0 amide bonds. The second-order valence-corrected chi connectivity index (χ2v) is 4.89. The van der Waals surface area contributed by atoms with E-state index in [1.807, 2.05) is 18.2 Å². The predicted octanol–water partition coefficient (Wildman–Crippen LogP) is 3.33. The van der Waals surface area contributed by atoms with Gasteiger partial charge in [0.25, 0.3) is 0 Å². The van der Waals surface area contributed by atoms with E-state index in [1.54, 1.807) is 32.4 Å². The number of para-hydroxylation sites is 1. The second-order valence-electron chi connectivity index (χ2n) is 4.48. The number of hydrogen-bond donors (Lipinski definition) is 2. The number of methoxy groups -OCH3 is 2. The van der Waals surface area contributed by atoms with Crippen molar-refractivity contribution in [1.29, 1.82) is 0 Å². The maximum atomic E-state index is 13.5. The van der Waals surface area contributed by atoms with Crippen LogP contribution in [0.15, 0.2) is 42.5 Å². The summed E-state index contributed by atoms with van der Waals surface area (Å²) < 4.78 is 23.9. The van der Waals surface area contributed by atoms with Crippen LogP contribution in [-0.4, -0.2) is 19.3 Å². The van der Waals surface area contributed by atoms with Crippen molar-refractivity contribution in [3.05, 3.63) is 53.8 Å². The molecule has 116 valence electrons. The molecule has 0 unspecified atom stereocenters. The molecule has 0 atom stereocenters. The molecule has 0 saturated heterocycles. The first-order chi connectivity index (χ1) is 10.6. The first-order valence-corrected chi connectivity index (χ1v) is 7.05. The molecule has 0 aliphatic carbocycles. The maximum Gasteiger partial charge on any atom is 0.171 e. The van der Waals surface area contributed by atoms with Crippen LogP contribution < -0.4 is 20.1 Å². The normalized spacial score (nSPS) is 9.95. The summed E-state index contributed by atoms with van der Waals surface area (Å²) in [6, 6.07) is 11.9. The molecular weight excluding hydrogens is 303 g/mol. The zero-order valence-electron chi connectivity index (χ0n) is 12.4. The minimum Gasteiger partial charge on any atom is -0.493 e. The van der Waals surface area contributed by atoms with Crippen molar-refractivity contribution in [2.24, 2.45) is 0 Å². The summed E-state index contributed by atoms with van der Waals surface area (Å²) in [6.07, 6.45) is 0. The number of benzene rings is 2. The maximum absolute atomic E-state index is 13.5. The molecule has 0 fully saturated rings. The SMILES string of the molecule is COc1ccc(CNC(=S)Nc2ccccc2F)cc1OC. The van der Waals surface area contributed by atoms with Gasteiger partial charge >= 0.3 is 0 Å². The minimum absolute atomic E-state index is 0.340. The van der Waals surface area contributed by atoms with Gasteiger partial charge in [-0.1, -0.05) is 18.2 Å². The van der Waals surface area contributed by atoms with Gasteiger partial charge in [0, 0.05) is 6.54 Å². The predicted molar refractivity (Wildman–Crippen MR) is 89.0 cm³/mol. The topological polar surface area (TPSA) is 42.5 Å². The highest BCUT2D eigenvalue weighted by Crippen LogP contribution is 2.27. The molecule has 2 aromatic rings. The fourth-order valence-electron chi connectivity index (χ4n) is 1.90. The molecule has 4 nitrogen and oxygen atoms in total. The summed E-state index contributed by atoms with van der Waals surface area (Å²) in [7, 11) is 3.17. The Hall–Kier alpha value is -2.34. The van der Waals surface area contributed by atoms with Gasteiger partial charge in [-0.25, -0.2) is 4.39 Å². The highest BCUT2D eigenvalue weighted by Gasteiger charge is 2.06. The Balaban J connectivity index is 1.95. The molecule has 0 radical (unpaired) electrons. The number of thiocarbonyl (C=S) groups is 1. The number of anilines is 1. The first kappa shape index (κ1) is 16.0. The first-order valence-electron chi connectivity index (χ1n) is 6.64. The molecule has 0 saturated carbocycles. The van der Waals surface area contributed by atoms with Crippen molar-refractivity contribution >= 4 is 23.0 Å². The fraction of sp³-hybridized carbons (Fsp3) is 0.188. The van der Waals surface area contributed by atoms with Gasteiger partial charge < -0.3 is 20.1 Å².